The summed E-state index contributed by atoms with van der Waals surface area (Å²) in [5.74, 6) is 0.198. The molecule has 0 saturated carbocycles. The fraction of sp³-hybridized carbons (Fsp3) is 0.333. The standard InChI is InChI=1S/C15H15NO3/c1-9-3-4-11-12(10(2)19-8-17)7-16-6-5-13(18)14(9)15(11)16/h3-4,7-8,10H,5-6H2,1-2H3. The van der Waals surface area contributed by atoms with E-state index in [9.17, 15) is 9.59 Å². The quantitative estimate of drug-likeness (QED) is 0.794. The van der Waals surface area contributed by atoms with Gasteiger partial charge in [-0.3, -0.25) is 9.59 Å². The number of ether oxygens (including phenoxy) is 1. The monoisotopic (exact) mass is 257 g/mol. The van der Waals surface area contributed by atoms with Crippen LogP contribution >= 0.6 is 0 Å². The zero-order chi connectivity index (χ0) is 13.6. The second-order valence-corrected chi connectivity index (χ2v) is 4.98. The summed E-state index contributed by atoms with van der Waals surface area (Å²) in [5.41, 5.74) is 3.76. The van der Waals surface area contributed by atoms with E-state index in [-0.39, 0.29) is 11.9 Å². The van der Waals surface area contributed by atoms with E-state index in [1.807, 2.05) is 32.2 Å². The Morgan fingerprint density at radius 1 is 1.42 bits per heavy atom. The molecule has 98 valence electrons. The fourth-order valence-corrected chi connectivity index (χ4v) is 2.88. The van der Waals surface area contributed by atoms with Crippen molar-refractivity contribution in [3.63, 3.8) is 0 Å². The maximum Gasteiger partial charge on any atom is 0.293 e. The summed E-state index contributed by atoms with van der Waals surface area (Å²) in [5, 5.41) is 1.00. The molecule has 0 fully saturated rings. The van der Waals surface area contributed by atoms with Gasteiger partial charge in [-0.25, -0.2) is 0 Å². The third-order valence-corrected chi connectivity index (χ3v) is 3.84. The van der Waals surface area contributed by atoms with Crippen molar-refractivity contribution in [1.29, 1.82) is 0 Å². The minimum absolute atomic E-state index is 0.198. The molecule has 4 nitrogen and oxygen atoms in total. The van der Waals surface area contributed by atoms with Crippen molar-refractivity contribution < 1.29 is 14.3 Å². The van der Waals surface area contributed by atoms with Gasteiger partial charge in [0.05, 0.1) is 5.52 Å². The molecule has 3 rings (SSSR count). The van der Waals surface area contributed by atoms with Gasteiger partial charge in [-0.2, -0.15) is 0 Å². The first-order valence-corrected chi connectivity index (χ1v) is 6.38. The SMILES string of the molecule is Cc1ccc2c(C(C)OC=O)cn3c2c1C(=O)CC3. The van der Waals surface area contributed by atoms with Crippen LogP contribution in [0.3, 0.4) is 0 Å². The lowest BCUT2D eigenvalue weighted by molar-refractivity contribution is -0.133. The summed E-state index contributed by atoms with van der Waals surface area (Å²) in [6, 6.07) is 3.96. The van der Waals surface area contributed by atoms with Crippen molar-refractivity contribution in [3.05, 3.63) is 35.0 Å². The average Bonchev–Trinajstić information content (AvgIpc) is 2.76. The zero-order valence-electron chi connectivity index (χ0n) is 11.0. The maximum atomic E-state index is 12.1. The number of hydrogen-bond donors (Lipinski definition) is 0. The Morgan fingerprint density at radius 3 is 2.95 bits per heavy atom. The molecule has 0 aliphatic carbocycles. The Bertz CT molecular complexity index is 684. The lowest BCUT2D eigenvalue weighted by Crippen LogP contribution is -2.14. The molecule has 1 aromatic carbocycles. The predicted octanol–water partition coefficient (Wildman–Crippen LogP) is 2.77. The van der Waals surface area contributed by atoms with Gasteiger partial charge in [0.25, 0.3) is 6.47 Å². The van der Waals surface area contributed by atoms with Crippen LogP contribution < -0.4 is 0 Å². The summed E-state index contributed by atoms with van der Waals surface area (Å²) in [4.78, 5) is 22.6. The number of nitrogens with zero attached hydrogens (tertiary/aromatic N) is 1. The van der Waals surface area contributed by atoms with Crippen molar-refractivity contribution in [2.24, 2.45) is 0 Å². The predicted molar refractivity (Wildman–Crippen MR) is 71.2 cm³/mol. The molecule has 4 heteroatoms. The van der Waals surface area contributed by atoms with Crippen LogP contribution in [0.15, 0.2) is 18.3 Å². The fourth-order valence-electron chi connectivity index (χ4n) is 2.88. The zero-order valence-corrected chi connectivity index (χ0v) is 11.0. The number of ketones is 1. The van der Waals surface area contributed by atoms with Gasteiger partial charge >= 0.3 is 0 Å². The van der Waals surface area contributed by atoms with E-state index >= 15 is 0 Å². The van der Waals surface area contributed by atoms with Gasteiger partial charge in [0.2, 0.25) is 0 Å². The number of aryl methyl sites for hydroxylation is 2. The van der Waals surface area contributed by atoms with E-state index < -0.39 is 0 Å². The van der Waals surface area contributed by atoms with Gasteiger partial charge in [0, 0.05) is 35.7 Å². The highest BCUT2D eigenvalue weighted by Crippen LogP contribution is 2.34. The number of rotatable bonds is 3. The molecular weight excluding hydrogens is 242 g/mol. The Balaban J connectivity index is 2.30. The number of hydrogen-bond acceptors (Lipinski definition) is 3. The highest BCUT2D eigenvalue weighted by molar-refractivity contribution is 6.10. The highest BCUT2D eigenvalue weighted by atomic mass is 16.5. The molecule has 19 heavy (non-hydrogen) atoms. The molecule has 1 atom stereocenters. The minimum Gasteiger partial charge on any atom is -0.460 e. The van der Waals surface area contributed by atoms with Crippen LogP contribution in [0, 0.1) is 6.92 Å². The van der Waals surface area contributed by atoms with E-state index in [2.05, 4.69) is 4.57 Å². The number of aromatic nitrogens is 1. The van der Waals surface area contributed by atoms with Crippen molar-refractivity contribution in [2.45, 2.75) is 32.9 Å². The molecule has 1 unspecified atom stereocenters. The lowest BCUT2D eigenvalue weighted by Gasteiger charge is -2.16. The third kappa shape index (κ3) is 1.67. The number of Topliss-reactive ketones (excluding diaryl/α,β-unsaturated/α-hetero) is 1. The van der Waals surface area contributed by atoms with E-state index in [4.69, 9.17) is 4.74 Å². The van der Waals surface area contributed by atoms with Crippen molar-refractivity contribution in [2.75, 3.05) is 0 Å². The summed E-state index contributed by atoms with van der Waals surface area (Å²) in [6.45, 7) is 4.96. The van der Waals surface area contributed by atoms with Gasteiger partial charge in [0.1, 0.15) is 6.10 Å². The van der Waals surface area contributed by atoms with Crippen LogP contribution in [-0.2, 0) is 16.1 Å². The number of benzene rings is 1. The van der Waals surface area contributed by atoms with Crippen molar-refractivity contribution in [3.8, 4) is 0 Å². The Labute approximate surface area is 111 Å². The second kappa shape index (κ2) is 4.23. The van der Waals surface area contributed by atoms with Gasteiger partial charge in [-0.15, -0.1) is 0 Å². The van der Waals surface area contributed by atoms with Crippen LogP contribution in [-0.4, -0.2) is 16.8 Å². The van der Waals surface area contributed by atoms with Gasteiger partial charge < -0.3 is 9.30 Å². The van der Waals surface area contributed by atoms with E-state index in [0.29, 0.717) is 19.4 Å². The van der Waals surface area contributed by atoms with Crippen molar-refractivity contribution >= 4 is 23.2 Å². The van der Waals surface area contributed by atoms with E-state index in [0.717, 1.165) is 27.6 Å². The molecule has 2 heterocycles. The Hall–Kier alpha value is -2.10. The maximum absolute atomic E-state index is 12.1. The van der Waals surface area contributed by atoms with Crippen LogP contribution in [0.1, 0.15) is 40.9 Å². The molecule has 1 aliphatic rings. The molecule has 2 aromatic rings. The average molecular weight is 257 g/mol. The van der Waals surface area contributed by atoms with Crippen LogP contribution in [0.25, 0.3) is 10.9 Å². The summed E-state index contributed by atoms with van der Waals surface area (Å²) < 4.78 is 7.13. The smallest absolute Gasteiger partial charge is 0.293 e. The molecule has 0 bridgehead atoms. The third-order valence-electron chi connectivity index (χ3n) is 3.84. The van der Waals surface area contributed by atoms with Gasteiger partial charge in [0.15, 0.2) is 5.78 Å². The van der Waals surface area contributed by atoms with Gasteiger partial charge in [-0.1, -0.05) is 12.1 Å². The first-order chi connectivity index (χ1) is 9.13. The van der Waals surface area contributed by atoms with Crippen LogP contribution in [0.2, 0.25) is 0 Å². The molecule has 1 aromatic heterocycles. The van der Waals surface area contributed by atoms with E-state index in [1.54, 1.807) is 0 Å². The Morgan fingerprint density at radius 2 is 2.21 bits per heavy atom. The molecule has 0 amide bonds. The van der Waals surface area contributed by atoms with Crippen LogP contribution in [0.4, 0.5) is 0 Å². The molecule has 0 N–H and O–H groups in total. The topological polar surface area (TPSA) is 48.3 Å². The number of carbonyl (C=O) groups is 2. The van der Waals surface area contributed by atoms with Crippen molar-refractivity contribution in [1.82, 2.24) is 4.57 Å². The largest absolute Gasteiger partial charge is 0.460 e. The summed E-state index contributed by atoms with van der Waals surface area (Å²) in [6.07, 6.45) is 2.23. The highest BCUT2D eigenvalue weighted by Gasteiger charge is 2.25. The van der Waals surface area contributed by atoms with Crippen LogP contribution in [0.5, 0.6) is 0 Å². The molecule has 0 radical (unpaired) electrons. The summed E-state index contributed by atoms with van der Waals surface area (Å²) >= 11 is 0. The lowest BCUT2D eigenvalue weighted by atomic mass is 9.96. The molecular formula is C15H15NO3. The normalized spacial score (nSPS) is 15.6. The molecule has 0 spiro atoms. The molecule has 0 saturated heterocycles. The molecule has 1 aliphatic heterocycles. The van der Waals surface area contributed by atoms with E-state index in [1.165, 1.54) is 0 Å². The minimum atomic E-state index is -0.301. The number of carbonyl (C=O) groups excluding carboxylic acids is 2. The first kappa shape index (κ1) is 12.0. The summed E-state index contributed by atoms with van der Waals surface area (Å²) in [7, 11) is 0. The van der Waals surface area contributed by atoms with Gasteiger partial charge in [-0.05, 0) is 19.4 Å². The second-order valence-electron chi connectivity index (χ2n) is 4.98. The Kier molecular flexibility index (Phi) is 2.66. The first-order valence-electron chi connectivity index (χ1n) is 6.38.